The normalized spacial score (nSPS) is 11.3. The molecule has 0 unspecified atom stereocenters. The number of nitrogens with one attached hydrogen (secondary N) is 3. The third kappa shape index (κ3) is 6.88. The number of guanidine groups is 1. The lowest BCUT2D eigenvalue weighted by Gasteiger charge is -2.10. The molecular weight excluding hydrogens is 344 g/mol. The van der Waals surface area contributed by atoms with E-state index in [0.717, 1.165) is 36.7 Å². The van der Waals surface area contributed by atoms with Crippen LogP contribution in [0.1, 0.15) is 42.0 Å². The summed E-state index contributed by atoms with van der Waals surface area (Å²) < 4.78 is 0. The zero-order valence-electron chi connectivity index (χ0n) is 15.8. The highest BCUT2D eigenvalue weighted by atomic mass is 32.1. The Bertz CT molecular complexity index is 722. The van der Waals surface area contributed by atoms with Crippen molar-refractivity contribution in [3.05, 3.63) is 51.7 Å². The largest absolute Gasteiger partial charge is 0.357 e. The topological polar surface area (TPSA) is 65.5 Å². The number of amides is 1. The van der Waals surface area contributed by atoms with Crippen LogP contribution in [0.25, 0.3) is 0 Å². The quantitative estimate of drug-likeness (QED) is 0.484. The molecule has 26 heavy (non-hydrogen) atoms. The van der Waals surface area contributed by atoms with Crippen LogP contribution < -0.4 is 16.0 Å². The Kier molecular flexibility index (Phi) is 8.15. The average molecular weight is 373 g/mol. The summed E-state index contributed by atoms with van der Waals surface area (Å²) in [5, 5.41) is 9.53. The summed E-state index contributed by atoms with van der Waals surface area (Å²) in [6, 6.07) is 12.1. The van der Waals surface area contributed by atoms with Gasteiger partial charge in [0.15, 0.2) is 5.96 Å². The highest BCUT2D eigenvalue weighted by molar-refractivity contribution is 7.11. The highest BCUT2D eigenvalue weighted by Crippen LogP contribution is 2.14. The fourth-order valence-electron chi connectivity index (χ4n) is 2.41. The standard InChI is InChI=1S/C20H28N4OS/c1-4-6-19(25)24-17-10-8-16(9-11-17)13-22-20(21-5-2)23-14-18-12-7-15(3)26-18/h7-12H,4-6,13-14H2,1-3H3,(H,24,25)(H2,21,22,23). The number of rotatable bonds is 8. The maximum Gasteiger partial charge on any atom is 0.224 e. The van der Waals surface area contributed by atoms with Crippen molar-refractivity contribution in [3.63, 3.8) is 0 Å². The van der Waals surface area contributed by atoms with E-state index in [2.05, 4.69) is 46.9 Å². The Hall–Kier alpha value is -2.34. The molecule has 6 heteroatoms. The SMILES string of the molecule is CCCC(=O)Nc1ccc(CN=C(NCC)NCc2ccc(C)s2)cc1. The number of nitrogens with zero attached hydrogens (tertiary/aromatic N) is 1. The number of hydrogen-bond acceptors (Lipinski definition) is 3. The molecule has 5 nitrogen and oxygen atoms in total. The molecule has 0 bridgehead atoms. The maximum atomic E-state index is 11.6. The number of carbonyl (C=O) groups excluding carboxylic acids is 1. The van der Waals surface area contributed by atoms with E-state index in [9.17, 15) is 4.79 Å². The predicted molar refractivity (Wildman–Crippen MR) is 111 cm³/mol. The van der Waals surface area contributed by atoms with Gasteiger partial charge in [0.05, 0.1) is 13.1 Å². The van der Waals surface area contributed by atoms with Gasteiger partial charge in [-0.3, -0.25) is 4.79 Å². The molecule has 0 fully saturated rings. The van der Waals surface area contributed by atoms with Crippen molar-refractivity contribution in [2.45, 2.75) is 46.7 Å². The van der Waals surface area contributed by atoms with Crippen molar-refractivity contribution in [1.82, 2.24) is 10.6 Å². The van der Waals surface area contributed by atoms with Crippen LogP contribution in [-0.2, 0) is 17.9 Å². The molecule has 1 amide bonds. The molecule has 140 valence electrons. The van der Waals surface area contributed by atoms with Crippen LogP contribution in [0.15, 0.2) is 41.4 Å². The zero-order chi connectivity index (χ0) is 18.8. The van der Waals surface area contributed by atoms with Crippen LogP contribution >= 0.6 is 11.3 Å². The Labute approximate surface area is 159 Å². The summed E-state index contributed by atoms with van der Waals surface area (Å²) in [6.45, 7) is 8.34. The third-order valence-corrected chi connectivity index (χ3v) is 4.71. The van der Waals surface area contributed by atoms with Gasteiger partial charge in [-0.25, -0.2) is 4.99 Å². The van der Waals surface area contributed by atoms with Gasteiger partial charge in [-0.1, -0.05) is 19.1 Å². The summed E-state index contributed by atoms with van der Waals surface area (Å²) in [4.78, 5) is 18.9. The van der Waals surface area contributed by atoms with Gasteiger partial charge in [-0.2, -0.15) is 0 Å². The first kappa shape index (κ1) is 20.0. The minimum Gasteiger partial charge on any atom is -0.357 e. The molecule has 1 aromatic carbocycles. The van der Waals surface area contributed by atoms with E-state index in [1.165, 1.54) is 9.75 Å². The fourth-order valence-corrected chi connectivity index (χ4v) is 3.24. The number of benzene rings is 1. The third-order valence-electron chi connectivity index (χ3n) is 3.70. The van der Waals surface area contributed by atoms with E-state index < -0.39 is 0 Å². The van der Waals surface area contributed by atoms with E-state index in [4.69, 9.17) is 0 Å². The number of anilines is 1. The Morgan fingerprint density at radius 3 is 2.46 bits per heavy atom. The number of aliphatic imine (C=N–C) groups is 1. The van der Waals surface area contributed by atoms with E-state index in [-0.39, 0.29) is 5.91 Å². The summed E-state index contributed by atoms with van der Waals surface area (Å²) in [5.41, 5.74) is 1.93. The first-order valence-corrected chi connectivity index (χ1v) is 9.88. The minimum absolute atomic E-state index is 0.0562. The lowest BCUT2D eigenvalue weighted by Crippen LogP contribution is -2.36. The second-order valence-electron chi connectivity index (χ2n) is 6.06. The molecule has 0 saturated carbocycles. The minimum atomic E-state index is 0.0562. The van der Waals surface area contributed by atoms with Gasteiger partial charge in [0.25, 0.3) is 0 Å². The highest BCUT2D eigenvalue weighted by Gasteiger charge is 2.02. The van der Waals surface area contributed by atoms with Gasteiger partial charge in [0.2, 0.25) is 5.91 Å². The second-order valence-corrected chi connectivity index (χ2v) is 7.43. The predicted octanol–water partition coefficient (Wildman–Crippen LogP) is 4.05. The molecule has 0 spiro atoms. The van der Waals surface area contributed by atoms with Gasteiger partial charge < -0.3 is 16.0 Å². The van der Waals surface area contributed by atoms with Crippen molar-refractivity contribution in [2.24, 2.45) is 4.99 Å². The number of thiophene rings is 1. The van der Waals surface area contributed by atoms with Crippen molar-refractivity contribution in [2.75, 3.05) is 11.9 Å². The molecule has 2 aromatic rings. The van der Waals surface area contributed by atoms with E-state index >= 15 is 0 Å². The van der Waals surface area contributed by atoms with Crippen molar-refractivity contribution >= 4 is 28.9 Å². The number of carbonyl (C=O) groups is 1. The molecule has 0 radical (unpaired) electrons. The van der Waals surface area contributed by atoms with Gasteiger partial charge in [-0.15, -0.1) is 11.3 Å². The van der Waals surface area contributed by atoms with Crippen LogP contribution in [0.5, 0.6) is 0 Å². The molecule has 1 heterocycles. The molecule has 0 saturated heterocycles. The van der Waals surface area contributed by atoms with Crippen LogP contribution in [0, 0.1) is 6.92 Å². The van der Waals surface area contributed by atoms with Crippen LogP contribution in [0.3, 0.4) is 0 Å². The molecule has 0 aliphatic rings. The lowest BCUT2D eigenvalue weighted by atomic mass is 10.2. The Morgan fingerprint density at radius 1 is 1.08 bits per heavy atom. The molecule has 0 atom stereocenters. The van der Waals surface area contributed by atoms with Crippen molar-refractivity contribution < 1.29 is 4.79 Å². The molecular formula is C20H28N4OS. The van der Waals surface area contributed by atoms with Gasteiger partial charge in [0, 0.05) is 28.4 Å². The summed E-state index contributed by atoms with van der Waals surface area (Å²) in [6.07, 6.45) is 1.40. The summed E-state index contributed by atoms with van der Waals surface area (Å²) in [5.74, 6) is 0.861. The Balaban J connectivity index is 1.90. The second kappa shape index (κ2) is 10.6. The average Bonchev–Trinajstić information content (AvgIpc) is 3.04. The molecule has 2 rings (SSSR count). The van der Waals surface area contributed by atoms with E-state index in [1.54, 1.807) is 11.3 Å². The first-order valence-electron chi connectivity index (χ1n) is 9.07. The van der Waals surface area contributed by atoms with Crippen molar-refractivity contribution in [1.29, 1.82) is 0 Å². The van der Waals surface area contributed by atoms with Gasteiger partial charge >= 0.3 is 0 Å². The zero-order valence-corrected chi connectivity index (χ0v) is 16.6. The molecule has 1 aromatic heterocycles. The molecule has 3 N–H and O–H groups in total. The summed E-state index contributed by atoms with van der Waals surface area (Å²) in [7, 11) is 0. The van der Waals surface area contributed by atoms with E-state index in [1.807, 2.05) is 31.2 Å². The van der Waals surface area contributed by atoms with Crippen LogP contribution in [-0.4, -0.2) is 18.4 Å². The Morgan fingerprint density at radius 2 is 1.85 bits per heavy atom. The monoisotopic (exact) mass is 372 g/mol. The maximum absolute atomic E-state index is 11.6. The number of hydrogen-bond donors (Lipinski definition) is 3. The van der Waals surface area contributed by atoms with Crippen LogP contribution in [0.2, 0.25) is 0 Å². The summed E-state index contributed by atoms with van der Waals surface area (Å²) >= 11 is 1.79. The lowest BCUT2D eigenvalue weighted by molar-refractivity contribution is -0.116. The van der Waals surface area contributed by atoms with Crippen LogP contribution in [0.4, 0.5) is 5.69 Å². The first-order chi connectivity index (χ1) is 12.6. The van der Waals surface area contributed by atoms with Crippen molar-refractivity contribution in [3.8, 4) is 0 Å². The van der Waals surface area contributed by atoms with Gasteiger partial charge in [0.1, 0.15) is 0 Å². The number of aryl methyl sites for hydroxylation is 1. The fraction of sp³-hybridized carbons (Fsp3) is 0.400. The molecule has 0 aliphatic heterocycles. The molecule has 0 aliphatic carbocycles. The van der Waals surface area contributed by atoms with E-state index in [0.29, 0.717) is 13.0 Å². The van der Waals surface area contributed by atoms with Gasteiger partial charge in [-0.05, 0) is 50.1 Å². The smallest absolute Gasteiger partial charge is 0.224 e.